The lowest BCUT2D eigenvalue weighted by molar-refractivity contribution is 0.0536. The summed E-state index contributed by atoms with van der Waals surface area (Å²) in [5.74, 6) is -1.36. The maximum absolute atomic E-state index is 12.9. The molecule has 1 aromatic rings. The first kappa shape index (κ1) is 13.2. The molecule has 0 unspecified atom stereocenters. The Morgan fingerprint density at radius 3 is 2.50 bits per heavy atom. The fourth-order valence-corrected chi connectivity index (χ4v) is 1.85. The van der Waals surface area contributed by atoms with Crippen LogP contribution in [0.5, 0.6) is 0 Å². The van der Waals surface area contributed by atoms with E-state index in [2.05, 4.69) is 11.6 Å². The molecule has 0 aromatic heterocycles. The number of rotatable bonds is 4. The van der Waals surface area contributed by atoms with Crippen LogP contribution in [0.15, 0.2) is 29.2 Å². The van der Waals surface area contributed by atoms with Crippen molar-refractivity contribution in [2.45, 2.75) is 15.8 Å². The summed E-state index contributed by atoms with van der Waals surface area (Å²) in [6, 6.07) is 5.09. The van der Waals surface area contributed by atoms with E-state index in [9.17, 15) is 18.0 Å². The first-order valence-corrected chi connectivity index (χ1v) is 5.27. The first-order chi connectivity index (χ1) is 7.34. The van der Waals surface area contributed by atoms with Crippen LogP contribution in [0.25, 0.3) is 0 Å². The molecule has 2 nitrogen and oxygen atoms in total. The Balaban J connectivity index is 3.02. The van der Waals surface area contributed by atoms with Crippen LogP contribution in [-0.4, -0.2) is 22.0 Å². The molecular formula is C9H6ClF3O2S. The van der Waals surface area contributed by atoms with Crippen LogP contribution < -0.4 is 0 Å². The van der Waals surface area contributed by atoms with Crippen molar-refractivity contribution in [1.82, 2.24) is 0 Å². The summed E-state index contributed by atoms with van der Waals surface area (Å²) in [5.41, 5.74) is -3.19. The average Bonchev–Trinajstić information content (AvgIpc) is 2.17. The Kier molecular flexibility index (Phi) is 4.09. The van der Waals surface area contributed by atoms with Gasteiger partial charge in [-0.05, 0) is 23.9 Å². The van der Waals surface area contributed by atoms with Crippen molar-refractivity contribution in [3.05, 3.63) is 29.8 Å². The number of alkyl halides is 4. The minimum atomic E-state index is -3.87. The third-order valence-electron chi connectivity index (χ3n) is 1.62. The highest BCUT2D eigenvalue weighted by Crippen LogP contribution is 2.42. The molecule has 1 N–H and O–H groups in total. The molecule has 1 atom stereocenters. The summed E-state index contributed by atoms with van der Waals surface area (Å²) in [4.78, 5) is 10.5. The Morgan fingerprint density at radius 1 is 1.44 bits per heavy atom. The van der Waals surface area contributed by atoms with Crippen LogP contribution >= 0.6 is 23.4 Å². The van der Waals surface area contributed by atoms with Gasteiger partial charge in [-0.3, -0.25) is 0 Å². The zero-order valence-corrected chi connectivity index (χ0v) is 9.23. The second-order valence-corrected chi connectivity index (χ2v) is 4.34. The molecule has 88 valence electrons. The maximum atomic E-state index is 12.9. The molecule has 0 aliphatic heterocycles. The first-order valence-electron chi connectivity index (χ1n) is 4.02. The summed E-state index contributed by atoms with van der Waals surface area (Å²) >= 11 is 4.45. The monoisotopic (exact) mass is 270 g/mol. The predicted octanol–water partition coefficient (Wildman–Crippen LogP) is 3.60. The molecule has 0 fully saturated rings. The van der Waals surface area contributed by atoms with Gasteiger partial charge in [-0.15, -0.1) is 0 Å². The molecule has 7 heteroatoms. The molecule has 0 spiro atoms. The minimum absolute atomic E-state index is 0.212. The van der Waals surface area contributed by atoms with Crippen LogP contribution in [0.1, 0.15) is 10.4 Å². The Hall–Kier alpha value is -0.880. The van der Waals surface area contributed by atoms with Gasteiger partial charge in [0, 0.05) is 4.90 Å². The SMILES string of the molecule is O=C(O)c1ccccc1SC(F)(F)[C@@H](F)Cl. The van der Waals surface area contributed by atoms with Gasteiger partial charge in [0.1, 0.15) is 0 Å². The highest BCUT2D eigenvalue weighted by Gasteiger charge is 2.41. The lowest BCUT2D eigenvalue weighted by atomic mass is 10.2. The van der Waals surface area contributed by atoms with E-state index in [4.69, 9.17) is 5.11 Å². The minimum Gasteiger partial charge on any atom is -0.478 e. The number of aromatic carboxylic acids is 1. The Morgan fingerprint density at radius 2 is 2.00 bits per heavy atom. The smallest absolute Gasteiger partial charge is 0.342 e. The zero-order valence-electron chi connectivity index (χ0n) is 7.66. The van der Waals surface area contributed by atoms with E-state index in [-0.39, 0.29) is 22.2 Å². The standard InChI is InChI=1S/C9H6ClF3O2S/c10-8(11)9(12,13)16-6-4-2-1-3-5(6)7(14)15/h1-4,8H,(H,14,15)/t8-/m1/s1. The second kappa shape index (κ2) is 4.97. The predicted molar refractivity (Wildman–Crippen MR) is 55.0 cm³/mol. The molecule has 0 saturated heterocycles. The molecule has 0 saturated carbocycles. The van der Waals surface area contributed by atoms with E-state index in [0.29, 0.717) is 0 Å². The summed E-state index contributed by atoms with van der Waals surface area (Å²) in [6.45, 7) is 0. The molecular weight excluding hydrogens is 265 g/mol. The van der Waals surface area contributed by atoms with E-state index in [1.165, 1.54) is 18.2 Å². The van der Waals surface area contributed by atoms with Gasteiger partial charge >= 0.3 is 11.2 Å². The molecule has 1 aromatic carbocycles. The third kappa shape index (κ3) is 3.05. The van der Waals surface area contributed by atoms with E-state index in [1.54, 1.807) is 0 Å². The fourth-order valence-electron chi connectivity index (χ4n) is 0.923. The van der Waals surface area contributed by atoms with Crippen molar-refractivity contribution in [3.63, 3.8) is 0 Å². The van der Waals surface area contributed by atoms with Crippen LogP contribution in [0, 0.1) is 0 Å². The van der Waals surface area contributed by atoms with Crippen LogP contribution in [0.2, 0.25) is 0 Å². The number of hydrogen-bond acceptors (Lipinski definition) is 2. The second-order valence-electron chi connectivity index (χ2n) is 2.77. The summed E-state index contributed by atoms with van der Waals surface area (Å²) in [7, 11) is 0. The Bertz CT molecular complexity index is 398. The van der Waals surface area contributed by atoms with Gasteiger partial charge in [-0.25, -0.2) is 9.18 Å². The molecule has 0 aliphatic carbocycles. The molecule has 16 heavy (non-hydrogen) atoms. The topological polar surface area (TPSA) is 37.3 Å². The number of halogens is 4. The normalized spacial score (nSPS) is 13.5. The quantitative estimate of drug-likeness (QED) is 0.671. The number of carboxylic acids is 1. The van der Waals surface area contributed by atoms with Gasteiger partial charge in [0.05, 0.1) is 5.56 Å². The van der Waals surface area contributed by atoms with Crippen molar-refractivity contribution in [1.29, 1.82) is 0 Å². The van der Waals surface area contributed by atoms with Gasteiger partial charge in [-0.1, -0.05) is 23.7 Å². The lowest BCUT2D eigenvalue weighted by Crippen LogP contribution is -2.21. The zero-order chi connectivity index (χ0) is 12.3. The third-order valence-corrected chi connectivity index (χ3v) is 3.08. The van der Waals surface area contributed by atoms with Crippen molar-refractivity contribution < 1.29 is 23.1 Å². The summed E-state index contributed by atoms with van der Waals surface area (Å²) < 4.78 is 38.2. The molecule has 1 rings (SSSR count). The Labute approximate surface area is 98.4 Å². The van der Waals surface area contributed by atoms with E-state index < -0.39 is 16.9 Å². The van der Waals surface area contributed by atoms with Crippen LogP contribution in [0.3, 0.4) is 0 Å². The van der Waals surface area contributed by atoms with Gasteiger partial charge in [0.25, 0.3) is 0 Å². The number of hydrogen-bond donors (Lipinski definition) is 1. The van der Waals surface area contributed by atoms with E-state index in [1.807, 2.05) is 0 Å². The van der Waals surface area contributed by atoms with E-state index in [0.717, 1.165) is 6.07 Å². The summed E-state index contributed by atoms with van der Waals surface area (Å²) in [6.07, 6.45) is 0. The van der Waals surface area contributed by atoms with E-state index >= 15 is 0 Å². The lowest BCUT2D eigenvalue weighted by Gasteiger charge is -2.16. The number of carboxylic acid groups (broad SMARTS) is 1. The number of carbonyl (C=O) groups is 1. The average molecular weight is 271 g/mol. The molecule has 0 aliphatic rings. The van der Waals surface area contributed by atoms with Crippen molar-refractivity contribution in [2.24, 2.45) is 0 Å². The van der Waals surface area contributed by atoms with Gasteiger partial charge < -0.3 is 5.11 Å². The van der Waals surface area contributed by atoms with Crippen LogP contribution in [0.4, 0.5) is 13.2 Å². The van der Waals surface area contributed by atoms with Gasteiger partial charge in [0.2, 0.25) is 5.63 Å². The number of thioether (sulfide) groups is 1. The van der Waals surface area contributed by atoms with Crippen molar-refractivity contribution >= 4 is 29.3 Å². The number of benzene rings is 1. The van der Waals surface area contributed by atoms with Gasteiger partial charge in [-0.2, -0.15) is 8.78 Å². The van der Waals surface area contributed by atoms with Gasteiger partial charge in [0.15, 0.2) is 0 Å². The maximum Gasteiger partial charge on any atom is 0.342 e. The molecule has 0 heterocycles. The summed E-state index contributed by atoms with van der Waals surface area (Å²) in [5, 5.41) is 4.85. The molecule has 0 amide bonds. The molecule has 0 bridgehead atoms. The van der Waals surface area contributed by atoms with Crippen LogP contribution in [-0.2, 0) is 0 Å². The van der Waals surface area contributed by atoms with Crippen molar-refractivity contribution in [3.8, 4) is 0 Å². The highest BCUT2D eigenvalue weighted by atomic mass is 35.5. The highest BCUT2D eigenvalue weighted by molar-refractivity contribution is 8.00. The van der Waals surface area contributed by atoms with Crippen molar-refractivity contribution in [2.75, 3.05) is 0 Å². The fraction of sp³-hybridized carbons (Fsp3) is 0.222. The molecule has 0 radical (unpaired) electrons. The largest absolute Gasteiger partial charge is 0.478 e.